The third kappa shape index (κ3) is 2.87. The minimum absolute atomic E-state index is 0.137. The highest BCUT2D eigenvalue weighted by Crippen LogP contribution is 2.33. The number of thiol groups is 1. The van der Waals surface area contributed by atoms with Gasteiger partial charge in [0.15, 0.2) is 0 Å². The fraction of sp³-hybridized carbons (Fsp3) is 0.875. The van der Waals surface area contributed by atoms with Gasteiger partial charge in [0.2, 0.25) is 0 Å². The van der Waals surface area contributed by atoms with Crippen molar-refractivity contribution in [2.75, 3.05) is 0 Å². The molecule has 1 fully saturated rings. The van der Waals surface area contributed by atoms with Crippen molar-refractivity contribution in [3.63, 3.8) is 0 Å². The molecule has 0 spiro atoms. The number of carbonyl (C=O) groups excluding carboxylic acids is 1. The molecule has 0 aromatic carbocycles. The first-order chi connectivity index (χ1) is 6.32. The fourth-order valence-electron chi connectivity index (χ4n) is 1.41. The summed E-state index contributed by atoms with van der Waals surface area (Å²) in [6.07, 6.45) is 1.07. The van der Waals surface area contributed by atoms with Crippen molar-refractivity contribution in [1.29, 1.82) is 0 Å². The van der Waals surface area contributed by atoms with E-state index >= 15 is 0 Å². The maximum Gasteiger partial charge on any atom is 0.425 e. The average Bonchev–Trinajstić information content (AvgIpc) is 2.65. The number of amides is 1. The highest BCUT2D eigenvalue weighted by atomic mass is 32.2. The Bertz CT molecular complexity index is 293. The summed E-state index contributed by atoms with van der Waals surface area (Å²) < 4.78 is 24.7. The fourth-order valence-corrected chi connectivity index (χ4v) is 1.63. The van der Waals surface area contributed by atoms with Crippen LogP contribution in [-0.4, -0.2) is 31.0 Å². The zero-order valence-electron chi connectivity index (χ0n) is 8.52. The molecular weight excluding hydrogens is 206 g/mol. The zero-order valence-corrected chi connectivity index (χ0v) is 9.41. The lowest BCUT2D eigenvalue weighted by molar-refractivity contribution is 0.105. The predicted octanol–water partition coefficient (Wildman–Crippen LogP) is 0.912. The lowest BCUT2D eigenvalue weighted by Crippen LogP contribution is -2.47. The molecule has 0 heterocycles. The molecule has 0 radical (unpaired) electrons. The molecule has 6 heteroatoms. The third-order valence-corrected chi connectivity index (χ3v) is 2.29. The Hall–Kier alpha value is -0.780. The van der Waals surface area contributed by atoms with Crippen molar-refractivity contribution in [3.05, 3.63) is 0 Å². The van der Waals surface area contributed by atoms with Gasteiger partial charge in [0.1, 0.15) is 0 Å². The lowest BCUT2D eigenvalue weighted by Gasteiger charge is -2.33. The van der Waals surface area contributed by atoms with Crippen molar-refractivity contribution in [2.24, 2.45) is 0 Å². The molecule has 0 aromatic heterocycles. The normalized spacial score (nSPS) is 16.9. The Morgan fingerprint density at radius 1 is 1.36 bits per heavy atom. The molecular formula is C8H15NO4S. The maximum atomic E-state index is 11.4. The molecule has 0 bridgehead atoms. The number of hydrogen-bond acceptors (Lipinski definition) is 4. The van der Waals surface area contributed by atoms with Crippen molar-refractivity contribution >= 4 is 17.1 Å². The molecule has 0 atom stereocenters. The van der Waals surface area contributed by atoms with E-state index in [9.17, 15) is 13.2 Å². The first-order valence-corrected chi connectivity index (χ1v) is 5.57. The molecule has 1 aliphatic rings. The molecule has 1 aliphatic carbocycles. The van der Waals surface area contributed by atoms with Gasteiger partial charge in [-0.25, -0.2) is 4.79 Å². The quantitative estimate of drug-likeness (QED) is 0.704. The monoisotopic (exact) mass is 221 g/mol. The molecule has 0 aliphatic heterocycles. The van der Waals surface area contributed by atoms with E-state index in [1.54, 1.807) is 0 Å². The van der Waals surface area contributed by atoms with E-state index in [0.717, 1.165) is 12.8 Å². The highest BCUT2D eigenvalue weighted by Gasteiger charge is 2.40. The Morgan fingerprint density at radius 3 is 2.14 bits per heavy atom. The topological polar surface area (TPSA) is 63.7 Å². The summed E-state index contributed by atoms with van der Waals surface area (Å²) in [5, 5.41) is 0. The maximum absolute atomic E-state index is 11.4. The van der Waals surface area contributed by atoms with Crippen LogP contribution in [0.2, 0.25) is 0 Å². The number of hydrogen-bond donors (Lipinski definition) is 1. The van der Waals surface area contributed by atoms with Crippen LogP contribution in [0.5, 0.6) is 0 Å². The smallest absolute Gasteiger partial charge is 0.330 e. The van der Waals surface area contributed by atoms with Crippen LogP contribution >= 0.6 is 0 Å². The van der Waals surface area contributed by atoms with Crippen molar-refractivity contribution < 1.29 is 17.4 Å². The van der Waals surface area contributed by atoms with Crippen LogP contribution in [-0.2, 0) is 15.2 Å². The van der Waals surface area contributed by atoms with Gasteiger partial charge in [-0.3, -0.25) is 4.90 Å². The van der Waals surface area contributed by atoms with Crippen LogP contribution in [0.25, 0.3) is 0 Å². The Labute approximate surface area is 85.2 Å². The summed E-state index contributed by atoms with van der Waals surface area (Å²) in [5.41, 5.74) is -0.399. The molecule has 0 N–H and O–H groups in total. The first kappa shape index (κ1) is 11.3. The van der Waals surface area contributed by atoms with E-state index in [2.05, 4.69) is 4.18 Å². The van der Waals surface area contributed by atoms with Crippen molar-refractivity contribution in [2.45, 2.75) is 45.2 Å². The van der Waals surface area contributed by atoms with Crippen LogP contribution in [0.1, 0.15) is 33.6 Å². The molecule has 82 valence electrons. The number of rotatable bonds is 2. The van der Waals surface area contributed by atoms with Gasteiger partial charge >= 0.3 is 17.1 Å². The summed E-state index contributed by atoms with van der Waals surface area (Å²) >= 11 is 0. The average molecular weight is 221 g/mol. The minimum Gasteiger partial charge on any atom is -0.330 e. The third-order valence-electron chi connectivity index (χ3n) is 1.98. The first-order valence-electron chi connectivity index (χ1n) is 4.48. The van der Waals surface area contributed by atoms with E-state index in [1.165, 1.54) is 4.90 Å². The van der Waals surface area contributed by atoms with Crippen molar-refractivity contribution in [3.8, 4) is 0 Å². The molecule has 1 rings (SSSR count). The molecule has 1 amide bonds. The van der Waals surface area contributed by atoms with Crippen LogP contribution in [0, 0.1) is 0 Å². The summed E-state index contributed by atoms with van der Waals surface area (Å²) in [6.45, 7) is 5.55. The standard InChI is InChI=1S/C8H15NO4S/c1-8(2,3)9(6-4-5-6)7(10)13-14(11)12/h6,14H,4-5H2,1-3H3. The number of carbonyl (C=O) groups is 1. The molecule has 5 nitrogen and oxygen atoms in total. The SMILES string of the molecule is CC(C)(C)N(C(=O)O[SH](=O)=O)C1CC1. The van der Waals surface area contributed by atoms with Gasteiger partial charge in [0.05, 0.1) is 0 Å². The van der Waals surface area contributed by atoms with Gasteiger partial charge in [0, 0.05) is 11.6 Å². The molecule has 14 heavy (non-hydrogen) atoms. The van der Waals surface area contributed by atoms with Gasteiger partial charge < -0.3 is 4.18 Å². The number of nitrogens with zero attached hydrogens (tertiary/aromatic N) is 1. The lowest BCUT2D eigenvalue weighted by atomic mass is 10.1. The largest absolute Gasteiger partial charge is 0.425 e. The zero-order chi connectivity index (χ0) is 10.9. The van der Waals surface area contributed by atoms with Gasteiger partial charge in [-0.1, -0.05) is 0 Å². The second-order valence-corrected chi connectivity index (χ2v) is 4.98. The van der Waals surface area contributed by atoms with E-state index in [4.69, 9.17) is 0 Å². The summed E-state index contributed by atoms with van der Waals surface area (Å²) in [6, 6.07) is 0.137. The van der Waals surface area contributed by atoms with Crippen LogP contribution in [0.4, 0.5) is 4.79 Å². The van der Waals surface area contributed by atoms with Gasteiger partial charge in [-0.05, 0) is 33.6 Å². The Kier molecular flexibility index (Phi) is 3.04. The molecule has 0 unspecified atom stereocenters. The van der Waals surface area contributed by atoms with E-state index < -0.39 is 22.6 Å². The van der Waals surface area contributed by atoms with Gasteiger partial charge in [-0.15, -0.1) is 0 Å². The van der Waals surface area contributed by atoms with Gasteiger partial charge in [0.25, 0.3) is 0 Å². The van der Waals surface area contributed by atoms with Crippen molar-refractivity contribution in [1.82, 2.24) is 4.90 Å². The van der Waals surface area contributed by atoms with E-state index in [0.29, 0.717) is 0 Å². The summed E-state index contributed by atoms with van der Waals surface area (Å²) in [4.78, 5) is 12.9. The molecule has 0 saturated heterocycles. The molecule has 1 saturated carbocycles. The molecule has 0 aromatic rings. The van der Waals surface area contributed by atoms with Crippen LogP contribution < -0.4 is 0 Å². The Morgan fingerprint density at radius 2 is 1.86 bits per heavy atom. The van der Waals surface area contributed by atoms with E-state index in [-0.39, 0.29) is 6.04 Å². The predicted molar refractivity (Wildman–Crippen MR) is 51.4 cm³/mol. The second-order valence-electron chi connectivity index (χ2n) is 4.35. The minimum atomic E-state index is -3.11. The summed E-state index contributed by atoms with van der Waals surface area (Å²) in [7, 11) is -3.11. The van der Waals surface area contributed by atoms with Gasteiger partial charge in [-0.2, -0.15) is 8.42 Å². The Balaban J connectivity index is 2.72. The van der Waals surface area contributed by atoms with Crippen LogP contribution in [0.3, 0.4) is 0 Å². The second kappa shape index (κ2) is 3.76. The summed E-state index contributed by atoms with van der Waals surface area (Å²) in [5.74, 6) is 0. The highest BCUT2D eigenvalue weighted by molar-refractivity contribution is 7.67. The van der Waals surface area contributed by atoms with E-state index in [1.807, 2.05) is 20.8 Å². The van der Waals surface area contributed by atoms with Crippen LogP contribution in [0.15, 0.2) is 0 Å².